The third kappa shape index (κ3) is 7.93. The number of amides is 3. The number of aliphatic imine (C=N–C) groups is 1. The van der Waals surface area contributed by atoms with E-state index in [1.807, 2.05) is 43.9 Å². The molecule has 15 heteroatoms. The third-order valence-corrected chi connectivity index (χ3v) is 8.53. The summed E-state index contributed by atoms with van der Waals surface area (Å²) in [4.78, 5) is 37.2. The molecule has 1 unspecified atom stereocenters. The highest BCUT2D eigenvalue weighted by Gasteiger charge is 2.33. The van der Waals surface area contributed by atoms with E-state index in [0.29, 0.717) is 43.3 Å². The van der Waals surface area contributed by atoms with Crippen molar-refractivity contribution in [2.45, 2.75) is 52.1 Å². The number of amidine groups is 1. The van der Waals surface area contributed by atoms with Gasteiger partial charge in [-0.3, -0.25) is 9.69 Å². The van der Waals surface area contributed by atoms with Gasteiger partial charge >= 0.3 is 12.4 Å². The van der Waals surface area contributed by atoms with Crippen molar-refractivity contribution >= 4 is 40.5 Å². The third-order valence-electron chi connectivity index (χ3n) is 7.61. The Balaban J connectivity index is 1.13. The highest BCUT2D eigenvalue weighted by atomic mass is 32.2. The van der Waals surface area contributed by atoms with Crippen LogP contribution < -0.4 is 19.9 Å². The predicted octanol–water partition coefficient (Wildman–Crippen LogP) is 6.00. The second-order valence-corrected chi connectivity index (χ2v) is 12.1. The summed E-state index contributed by atoms with van der Waals surface area (Å²) >= 11 is 1.18. The van der Waals surface area contributed by atoms with Gasteiger partial charge in [0, 0.05) is 13.1 Å². The number of halogens is 4. The summed E-state index contributed by atoms with van der Waals surface area (Å²) in [7, 11) is 0. The number of carbonyl (C=O) groups is 2. The number of ether oxygens (including phenoxy) is 1. The van der Waals surface area contributed by atoms with E-state index in [0.717, 1.165) is 11.1 Å². The molecule has 2 aromatic carbocycles. The van der Waals surface area contributed by atoms with Crippen LogP contribution in [0.25, 0.3) is 5.69 Å². The van der Waals surface area contributed by atoms with E-state index in [2.05, 4.69) is 25.1 Å². The standard InChI is InChI=1S/C30H33F4N7O3S/c1-18(2)23-9-4-19(3)14-25(23)41-26(42)16-45-29(41)37-28(43)35-15-24(31)20-10-12-39(13-11-20)27-36-17-40(38-27)21-5-7-22(8-6-21)44-30(32,33)34/h4-9,14,17-18,20,24H,10-13,15-16H2,1-3H3,(H,35,43). The molecule has 0 radical (unpaired) electrons. The summed E-state index contributed by atoms with van der Waals surface area (Å²) in [5, 5.41) is 7.24. The first-order valence-corrected chi connectivity index (χ1v) is 15.5. The van der Waals surface area contributed by atoms with E-state index < -0.39 is 18.6 Å². The van der Waals surface area contributed by atoms with Crippen LogP contribution in [-0.4, -0.2) is 69.8 Å². The minimum absolute atomic E-state index is 0.154. The largest absolute Gasteiger partial charge is 0.573 e. The average molecular weight is 648 g/mol. The average Bonchev–Trinajstić information content (AvgIpc) is 3.62. The first-order valence-electron chi connectivity index (χ1n) is 14.5. The fourth-order valence-corrected chi connectivity index (χ4v) is 6.14. The number of piperidine rings is 1. The van der Waals surface area contributed by atoms with Gasteiger partial charge in [-0.05, 0) is 73.1 Å². The van der Waals surface area contributed by atoms with E-state index in [1.165, 1.54) is 51.9 Å². The lowest BCUT2D eigenvalue weighted by Crippen LogP contribution is -2.41. The number of benzene rings is 2. The Hall–Kier alpha value is -4.14. The molecule has 3 amide bonds. The maximum Gasteiger partial charge on any atom is 0.573 e. The number of aromatic nitrogens is 3. The fraction of sp³-hybridized carbons (Fsp3) is 0.433. The van der Waals surface area contributed by atoms with Gasteiger partial charge in [0.2, 0.25) is 11.9 Å². The van der Waals surface area contributed by atoms with Crippen LogP contribution in [-0.2, 0) is 4.79 Å². The number of urea groups is 1. The number of hydrogen-bond acceptors (Lipinski definition) is 7. The van der Waals surface area contributed by atoms with Crippen molar-refractivity contribution in [3.63, 3.8) is 0 Å². The van der Waals surface area contributed by atoms with Crippen molar-refractivity contribution in [1.82, 2.24) is 20.1 Å². The molecule has 0 saturated carbocycles. The van der Waals surface area contributed by atoms with Gasteiger partial charge in [-0.1, -0.05) is 37.7 Å². The molecular formula is C30H33F4N7O3S. The van der Waals surface area contributed by atoms with Crippen molar-refractivity contribution in [2.24, 2.45) is 10.9 Å². The molecule has 1 aromatic heterocycles. The van der Waals surface area contributed by atoms with Crippen LogP contribution in [0, 0.1) is 12.8 Å². The lowest BCUT2D eigenvalue weighted by Gasteiger charge is -2.32. The summed E-state index contributed by atoms with van der Waals surface area (Å²) in [6.07, 6.45) is -3.60. The van der Waals surface area contributed by atoms with Crippen molar-refractivity contribution in [1.29, 1.82) is 0 Å². The Bertz CT molecular complexity index is 1550. The number of alkyl halides is 4. The van der Waals surface area contributed by atoms with Crippen LogP contribution in [0.15, 0.2) is 53.8 Å². The zero-order valence-corrected chi connectivity index (χ0v) is 25.7. The molecule has 45 heavy (non-hydrogen) atoms. The number of nitrogens with zero attached hydrogens (tertiary/aromatic N) is 6. The van der Waals surface area contributed by atoms with Crippen LogP contribution >= 0.6 is 11.8 Å². The van der Waals surface area contributed by atoms with Gasteiger partial charge in [-0.25, -0.2) is 13.9 Å². The van der Waals surface area contributed by atoms with Gasteiger partial charge in [0.15, 0.2) is 5.17 Å². The van der Waals surface area contributed by atoms with Crippen molar-refractivity contribution < 1.29 is 31.9 Å². The number of thioether (sulfide) groups is 1. The molecule has 1 atom stereocenters. The molecule has 10 nitrogen and oxygen atoms in total. The first-order chi connectivity index (χ1) is 21.4. The maximum atomic E-state index is 15.2. The Labute approximate surface area is 261 Å². The number of nitrogens with one attached hydrogen (secondary N) is 1. The highest BCUT2D eigenvalue weighted by Crippen LogP contribution is 2.34. The van der Waals surface area contributed by atoms with Crippen molar-refractivity contribution in [3.8, 4) is 11.4 Å². The van der Waals surface area contributed by atoms with Gasteiger partial charge in [-0.15, -0.1) is 18.3 Å². The lowest BCUT2D eigenvalue weighted by molar-refractivity contribution is -0.274. The number of anilines is 2. The second-order valence-electron chi connectivity index (χ2n) is 11.2. The molecule has 3 aromatic rings. The van der Waals surface area contributed by atoms with Crippen LogP contribution in [0.5, 0.6) is 5.75 Å². The zero-order chi connectivity index (χ0) is 32.3. The summed E-state index contributed by atoms with van der Waals surface area (Å²) in [6, 6.07) is 10.4. The van der Waals surface area contributed by atoms with Crippen LogP contribution in [0.3, 0.4) is 0 Å². The lowest BCUT2D eigenvalue weighted by atomic mass is 9.92. The van der Waals surface area contributed by atoms with Gasteiger partial charge < -0.3 is 15.0 Å². The SMILES string of the molecule is Cc1ccc(C(C)C)c(N2C(=O)CSC2=NC(=O)NCC(F)C2CCN(c3ncn(-c4ccc(OC(F)(F)F)cc4)n3)CC2)c1. The topological polar surface area (TPSA) is 105 Å². The second kappa shape index (κ2) is 13.5. The highest BCUT2D eigenvalue weighted by molar-refractivity contribution is 8.15. The van der Waals surface area contributed by atoms with Gasteiger partial charge in [-0.2, -0.15) is 9.98 Å². The Kier molecular flexibility index (Phi) is 9.65. The van der Waals surface area contributed by atoms with E-state index >= 15 is 4.39 Å². The Morgan fingerprint density at radius 2 is 1.87 bits per heavy atom. The van der Waals surface area contributed by atoms with E-state index in [4.69, 9.17) is 0 Å². The van der Waals surface area contributed by atoms with Gasteiger partial charge in [0.25, 0.3) is 0 Å². The summed E-state index contributed by atoms with van der Waals surface area (Å²) in [6.45, 7) is 6.77. The van der Waals surface area contributed by atoms with E-state index in [1.54, 1.807) is 0 Å². The van der Waals surface area contributed by atoms with Crippen LogP contribution in [0.2, 0.25) is 0 Å². The summed E-state index contributed by atoms with van der Waals surface area (Å²) < 4.78 is 57.7. The smallest absolute Gasteiger partial charge is 0.406 e. The summed E-state index contributed by atoms with van der Waals surface area (Å²) in [5.41, 5.74) is 3.15. The minimum Gasteiger partial charge on any atom is -0.406 e. The molecule has 5 rings (SSSR count). The zero-order valence-electron chi connectivity index (χ0n) is 24.9. The number of aryl methyl sites for hydroxylation is 1. The molecule has 0 bridgehead atoms. The van der Waals surface area contributed by atoms with E-state index in [9.17, 15) is 22.8 Å². The Morgan fingerprint density at radius 1 is 1.16 bits per heavy atom. The number of carbonyl (C=O) groups excluding carboxylic acids is 2. The van der Waals surface area contributed by atoms with Gasteiger partial charge in [0.05, 0.1) is 23.7 Å². The summed E-state index contributed by atoms with van der Waals surface area (Å²) in [5.74, 6) is -0.0554. The normalized spacial score (nSPS) is 17.8. The van der Waals surface area contributed by atoms with Gasteiger partial charge in [0.1, 0.15) is 18.2 Å². The first kappa shape index (κ1) is 32.3. The molecule has 0 spiro atoms. The van der Waals surface area contributed by atoms with Crippen molar-refractivity contribution in [3.05, 3.63) is 59.9 Å². The quantitative estimate of drug-likeness (QED) is 0.299. The van der Waals surface area contributed by atoms with Crippen molar-refractivity contribution in [2.75, 3.05) is 35.2 Å². The number of hydrogen-bond donors (Lipinski definition) is 1. The molecule has 2 fully saturated rings. The maximum absolute atomic E-state index is 15.2. The molecule has 240 valence electrons. The predicted molar refractivity (Wildman–Crippen MR) is 164 cm³/mol. The molecule has 2 aliphatic heterocycles. The number of rotatable bonds is 8. The molecular weight excluding hydrogens is 614 g/mol. The van der Waals surface area contributed by atoms with E-state index in [-0.39, 0.29) is 41.0 Å². The molecule has 2 saturated heterocycles. The molecule has 2 aliphatic rings. The molecule has 3 heterocycles. The monoisotopic (exact) mass is 647 g/mol. The van der Waals surface area contributed by atoms with Crippen LogP contribution in [0.1, 0.15) is 43.7 Å². The fourth-order valence-electron chi connectivity index (χ4n) is 5.28. The van der Waals surface area contributed by atoms with Crippen LogP contribution in [0.4, 0.5) is 34.0 Å². The molecule has 0 aliphatic carbocycles. The minimum atomic E-state index is -4.77. The Morgan fingerprint density at radius 3 is 2.53 bits per heavy atom. The molecule has 1 N–H and O–H groups in total.